The molecule has 0 heterocycles. The number of ether oxygens (including phenoxy) is 2. The summed E-state index contributed by atoms with van der Waals surface area (Å²) >= 11 is 0. The predicted octanol–water partition coefficient (Wildman–Crippen LogP) is 4.03. The molecule has 0 spiro atoms. The van der Waals surface area contributed by atoms with Gasteiger partial charge >= 0.3 is 18.4 Å². The fourth-order valence-electron chi connectivity index (χ4n) is 1.86. The summed E-state index contributed by atoms with van der Waals surface area (Å²) in [7, 11) is 0. The normalized spacial score (nSPS) is 10.8. The van der Waals surface area contributed by atoms with Crippen molar-refractivity contribution in [1.29, 1.82) is 0 Å². The highest BCUT2D eigenvalue weighted by Crippen LogP contribution is 2.29. The van der Waals surface area contributed by atoms with Gasteiger partial charge in [0, 0.05) is 11.8 Å². The van der Waals surface area contributed by atoms with E-state index in [9.17, 15) is 22.8 Å². The van der Waals surface area contributed by atoms with Crippen molar-refractivity contribution in [2.75, 3.05) is 5.32 Å². The van der Waals surface area contributed by atoms with Crippen LogP contribution in [0.4, 0.5) is 23.7 Å². The van der Waals surface area contributed by atoms with Crippen LogP contribution < -0.4 is 10.1 Å². The second-order valence-corrected chi connectivity index (χ2v) is 4.75. The highest BCUT2D eigenvalue weighted by Gasteiger charge is 2.33. The first kappa shape index (κ1) is 18.1. The van der Waals surface area contributed by atoms with Gasteiger partial charge in [0.15, 0.2) is 0 Å². The van der Waals surface area contributed by atoms with E-state index in [1.165, 1.54) is 0 Å². The maximum Gasteiger partial charge on any atom is 0.573 e. The molecule has 6 nitrogen and oxygen atoms in total. The molecule has 132 valence electrons. The SMILES string of the molecule is O=C(Nc1ccc(C(=O)O)c(OC(F)(F)F)c1)OCc1ccccc1. The molecule has 0 fully saturated rings. The molecule has 0 aliphatic rings. The summed E-state index contributed by atoms with van der Waals surface area (Å²) in [5.41, 5.74) is -0.0807. The van der Waals surface area contributed by atoms with Gasteiger partial charge in [-0.3, -0.25) is 5.32 Å². The van der Waals surface area contributed by atoms with E-state index < -0.39 is 29.7 Å². The Morgan fingerprint density at radius 1 is 1.08 bits per heavy atom. The van der Waals surface area contributed by atoms with Crippen molar-refractivity contribution >= 4 is 17.7 Å². The second-order valence-electron chi connectivity index (χ2n) is 4.75. The van der Waals surface area contributed by atoms with E-state index in [1.54, 1.807) is 30.3 Å². The molecular weight excluding hydrogens is 343 g/mol. The number of halogens is 3. The lowest BCUT2D eigenvalue weighted by atomic mass is 10.2. The molecule has 0 aliphatic carbocycles. The number of hydrogen-bond donors (Lipinski definition) is 2. The van der Waals surface area contributed by atoms with Crippen LogP contribution in [0, 0.1) is 0 Å². The lowest BCUT2D eigenvalue weighted by Crippen LogP contribution is -2.19. The molecule has 0 atom stereocenters. The van der Waals surface area contributed by atoms with Gasteiger partial charge in [-0.15, -0.1) is 13.2 Å². The summed E-state index contributed by atoms with van der Waals surface area (Å²) in [5, 5.41) is 11.1. The third kappa shape index (κ3) is 5.72. The van der Waals surface area contributed by atoms with Gasteiger partial charge in [0.05, 0.1) is 0 Å². The Hall–Kier alpha value is -3.23. The van der Waals surface area contributed by atoms with Crippen LogP contribution in [-0.2, 0) is 11.3 Å². The van der Waals surface area contributed by atoms with Gasteiger partial charge in [-0.2, -0.15) is 0 Å². The number of nitrogens with one attached hydrogen (secondary N) is 1. The lowest BCUT2D eigenvalue weighted by molar-refractivity contribution is -0.274. The number of benzene rings is 2. The fourth-order valence-corrected chi connectivity index (χ4v) is 1.86. The van der Waals surface area contributed by atoms with E-state index in [0.717, 1.165) is 23.8 Å². The lowest BCUT2D eigenvalue weighted by Gasteiger charge is -2.13. The molecule has 0 unspecified atom stereocenters. The maximum absolute atomic E-state index is 12.4. The van der Waals surface area contributed by atoms with Crippen LogP contribution in [0.15, 0.2) is 48.5 Å². The van der Waals surface area contributed by atoms with Gasteiger partial charge in [-0.1, -0.05) is 30.3 Å². The van der Waals surface area contributed by atoms with Gasteiger partial charge in [0.1, 0.15) is 17.9 Å². The molecule has 2 aromatic rings. The van der Waals surface area contributed by atoms with Crippen molar-refractivity contribution in [3.05, 3.63) is 59.7 Å². The van der Waals surface area contributed by atoms with Crippen molar-refractivity contribution in [3.8, 4) is 5.75 Å². The number of carboxylic acid groups (broad SMARTS) is 1. The van der Waals surface area contributed by atoms with Gasteiger partial charge < -0.3 is 14.6 Å². The quantitative estimate of drug-likeness (QED) is 0.846. The van der Waals surface area contributed by atoms with Crippen LogP contribution in [0.1, 0.15) is 15.9 Å². The van der Waals surface area contributed by atoms with Crippen molar-refractivity contribution < 1.29 is 37.3 Å². The number of carboxylic acids is 1. The first-order chi connectivity index (χ1) is 11.7. The zero-order valence-corrected chi connectivity index (χ0v) is 12.5. The Bertz CT molecular complexity index is 762. The number of alkyl halides is 3. The van der Waals surface area contributed by atoms with E-state index >= 15 is 0 Å². The summed E-state index contributed by atoms with van der Waals surface area (Å²) in [6.07, 6.45) is -5.98. The van der Waals surface area contributed by atoms with Crippen molar-refractivity contribution in [2.24, 2.45) is 0 Å². The molecule has 0 saturated carbocycles. The molecule has 2 aromatic carbocycles. The standard InChI is InChI=1S/C16H12F3NO5/c17-16(18,19)25-13-8-11(6-7-12(13)14(21)22)20-15(23)24-9-10-4-2-1-3-5-10/h1-8H,9H2,(H,20,23)(H,21,22). The number of hydrogen-bond acceptors (Lipinski definition) is 4. The molecule has 0 saturated heterocycles. The topological polar surface area (TPSA) is 84.9 Å². The number of amides is 1. The highest BCUT2D eigenvalue weighted by molar-refractivity contribution is 5.93. The average Bonchev–Trinajstić information content (AvgIpc) is 2.52. The third-order valence-electron chi connectivity index (χ3n) is 2.90. The molecule has 0 bridgehead atoms. The van der Waals surface area contributed by atoms with E-state index in [0.29, 0.717) is 0 Å². The van der Waals surface area contributed by atoms with Crippen LogP contribution in [0.3, 0.4) is 0 Å². The van der Waals surface area contributed by atoms with Gasteiger partial charge in [-0.25, -0.2) is 9.59 Å². The molecule has 2 N–H and O–H groups in total. The van der Waals surface area contributed by atoms with Crippen molar-refractivity contribution in [3.63, 3.8) is 0 Å². The zero-order valence-electron chi connectivity index (χ0n) is 12.5. The van der Waals surface area contributed by atoms with Gasteiger partial charge in [-0.05, 0) is 17.7 Å². The molecular formula is C16H12F3NO5. The van der Waals surface area contributed by atoms with E-state index in [2.05, 4.69) is 10.1 Å². The molecule has 25 heavy (non-hydrogen) atoms. The number of anilines is 1. The van der Waals surface area contributed by atoms with Gasteiger partial charge in [0.25, 0.3) is 0 Å². The zero-order chi connectivity index (χ0) is 18.4. The van der Waals surface area contributed by atoms with E-state index in [-0.39, 0.29) is 12.3 Å². The average molecular weight is 355 g/mol. The maximum atomic E-state index is 12.4. The summed E-state index contributed by atoms with van der Waals surface area (Å²) in [5.74, 6) is -2.54. The minimum absolute atomic E-state index is 0.0359. The number of carbonyl (C=O) groups is 2. The Labute approximate surface area is 139 Å². The molecule has 0 aliphatic heterocycles. The summed E-state index contributed by atoms with van der Waals surface area (Å²) in [4.78, 5) is 22.6. The monoisotopic (exact) mass is 355 g/mol. The van der Waals surface area contributed by atoms with E-state index in [1.807, 2.05) is 0 Å². The highest BCUT2D eigenvalue weighted by atomic mass is 19.4. The second kappa shape index (κ2) is 7.56. The van der Waals surface area contributed by atoms with Crippen LogP contribution in [0.2, 0.25) is 0 Å². The minimum Gasteiger partial charge on any atom is -0.478 e. The summed E-state index contributed by atoms with van der Waals surface area (Å²) < 4.78 is 45.7. The van der Waals surface area contributed by atoms with Crippen LogP contribution >= 0.6 is 0 Å². The minimum atomic E-state index is -5.07. The Morgan fingerprint density at radius 2 is 1.76 bits per heavy atom. The molecule has 2 rings (SSSR count). The van der Waals surface area contributed by atoms with Crippen LogP contribution in [0.25, 0.3) is 0 Å². The number of rotatable bonds is 5. The predicted molar refractivity (Wildman–Crippen MR) is 80.3 cm³/mol. The Kier molecular flexibility index (Phi) is 5.48. The van der Waals surface area contributed by atoms with Crippen molar-refractivity contribution in [1.82, 2.24) is 0 Å². The number of aromatic carboxylic acids is 1. The molecule has 1 amide bonds. The molecule has 9 heteroatoms. The Balaban J connectivity index is 2.07. The smallest absolute Gasteiger partial charge is 0.478 e. The Morgan fingerprint density at radius 3 is 2.36 bits per heavy atom. The first-order valence-electron chi connectivity index (χ1n) is 6.85. The molecule has 0 aromatic heterocycles. The first-order valence-corrected chi connectivity index (χ1v) is 6.85. The third-order valence-corrected chi connectivity index (χ3v) is 2.90. The summed E-state index contributed by atoms with van der Waals surface area (Å²) in [6.45, 7) is -0.0359. The fraction of sp³-hybridized carbons (Fsp3) is 0.125. The largest absolute Gasteiger partial charge is 0.573 e. The van der Waals surface area contributed by atoms with Crippen LogP contribution in [-0.4, -0.2) is 23.5 Å². The van der Waals surface area contributed by atoms with Crippen LogP contribution in [0.5, 0.6) is 5.75 Å². The molecule has 0 radical (unpaired) electrons. The number of carbonyl (C=O) groups excluding carboxylic acids is 1. The van der Waals surface area contributed by atoms with Gasteiger partial charge in [0.2, 0.25) is 0 Å². The summed E-state index contributed by atoms with van der Waals surface area (Å²) in [6, 6.07) is 11.5. The van der Waals surface area contributed by atoms with Crippen molar-refractivity contribution in [2.45, 2.75) is 13.0 Å². The van der Waals surface area contributed by atoms with E-state index in [4.69, 9.17) is 9.84 Å².